The van der Waals surface area contributed by atoms with Gasteiger partial charge in [0.2, 0.25) is 0 Å². The molecule has 2 aromatic carbocycles. The largest absolute Gasteiger partial charge is 0.458 e. The van der Waals surface area contributed by atoms with Crippen molar-refractivity contribution in [2.45, 2.75) is 27.0 Å². The topological polar surface area (TPSA) is 44.1 Å². The van der Waals surface area contributed by atoms with Crippen LogP contribution < -0.4 is 0 Å². The second kappa shape index (κ2) is 8.85. The molecule has 0 bridgehead atoms. The molecule has 3 aromatic rings. The Kier molecular flexibility index (Phi) is 6.26. The average molecular weight is 399 g/mol. The first-order valence-electron chi connectivity index (χ1n) is 8.80. The van der Waals surface area contributed by atoms with Gasteiger partial charge in [-0.3, -0.25) is 0 Å². The van der Waals surface area contributed by atoms with Gasteiger partial charge >= 0.3 is 5.97 Å². The summed E-state index contributed by atoms with van der Waals surface area (Å²) in [5, 5.41) is 4.91. The van der Waals surface area contributed by atoms with E-state index in [1.807, 2.05) is 38.1 Å². The molecule has 3 rings (SSSR count). The van der Waals surface area contributed by atoms with E-state index in [1.165, 1.54) is 23.8 Å². The van der Waals surface area contributed by atoms with Crippen LogP contribution in [-0.2, 0) is 22.7 Å². The summed E-state index contributed by atoms with van der Waals surface area (Å²) >= 11 is 6.44. The number of hydrogen-bond acceptors (Lipinski definition) is 3. The Hall–Kier alpha value is -2.92. The minimum absolute atomic E-state index is 0.0723. The van der Waals surface area contributed by atoms with Gasteiger partial charge in [0.05, 0.1) is 12.2 Å². The van der Waals surface area contributed by atoms with E-state index in [0.29, 0.717) is 22.8 Å². The fraction of sp³-hybridized carbons (Fsp3) is 0.182. The summed E-state index contributed by atoms with van der Waals surface area (Å²) in [5.41, 5.74) is 4.38. The number of carbonyl (C=O) groups is 1. The fourth-order valence-corrected chi connectivity index (χ4v) is 2.96. The van der Waals surface area contributed by atoms with Crippen LogP contribution in [-0.4, -0.2) is 15.7 Å². The lowest BCUT2D eigenvalue weighted by molar-refractivity contribution is -0.138. The van der Waals surface area contributed by atoms with E-state index in [9.17, 15) is 9.18 Å². The molecule has 0 aliphatic heterocycles. The molecule has 0 saturated heterocycles. The number of carbonyl (C=O) groups excluding carboxylic acids is 1. The third kappa shape index (κ3) is 5.08. The van der Waals surface area contributed by atoms with Gasteiger partial charge in [0.1, 0.15) is 17.6 Å². The quantitative estimate of drug-likeness (QED) is 0.428. The first-order valence-corrected chi connectivity index (χ1v) is 9.18. The molecule has 0 aliphatic carbocycles. The number of esters is 1. The molecular weight excluding hydrogens is 379 g/mol. The minimum atomic E-state index is -0.508. The summed E-state index contributed by atoms with van der Waals surface area (Å²) in [4.78, 5) is 12.0. The predicted octanol–water partition coefficient (Wildman–Crippen LogP) is 5.10. The average Bonchev–Trinajstić information content (AvgIpc) is 2.94. The molecule has 0 radical (unpaired) electrons. The van der Waals surface area contributed by atoms with Crippen molar-refractivity contribution in [3.05, 3.63) is 93.5 Å². The SMILES string of the molecule is Cc1ccc(Cn2nc(C)c(/C=C/C(=O)OCc3ccc(F)cc3)c2Cl)cc1. The summed E-state index contributed by atoms with van der Waals surface area (Å²) in [6.45, 7) is 4.49. The summed E-state index contributed by atoms with van der Waals surface area (Å²) in [7, 11) is 0. The van der Waals surface area contributed by atoms with Gasteiger partial charge < -0.3 is 4.74 Å². The third-order valence-electron chi connectivity index (χ3n) is 4.24. The van der Waals surface area contributed by atoms with Gasteiger partial charge in [0, 0.05) is 11.6 Å². The Morgan fingerprint density at radius 2 is 1.75 bits per heavy atom. The maximum atomic E-state index is 12.9. The minimum Gasteiger partial charge on any atom is -0.458 e. The zero-order valence-corrected chi connectivity index (χ0v) is 16.4. The van der Waals surface area contributed by atoms with E-state index in [4.69, 9.17) is 16.3 Å². The van der Waals surface area contributed by atoms with E-state index >= 15 is 0 Å². The van der Waals surface area contributed by atoms with Crippen LogP contribution in [0.1, 0.15) is 27.9 Å². The molecule has 0 aliphatic rings. The lowest BCUT2D eigenvalue weighted by Crippen LogP contribution is -2.02. The molecule has 0 spiro atoms. The summed E-state index contributed by atoms with van der Waals surface area (Å²) in [6, 6.07) is 13.9. The standard InChI is InChI=1S/C22H20ClFN2O2/c1-15-3-5-17(6-4-15)13-26-22(23)20(16(2)25-26)11-12-21(27)28-14-18-7-9-19(24)10-8-18/h3-12H,13-14H2,1-2H3/b12-11+. The van der Waals surface area contributed by atoms with Crippen molar-refractivity contribution in [2.24, 2.45) is 0 Å². The number of rotatable bonds is 6. The number of aromatic nitrogens is 2. The van der Waals surface area contributed by atoms with E-state index in [-0.39, 0.29) is 12.4 Å². The summed E-state index contributed by atoms with van der Waals surface area (Å²) < 4.78 is 19.8. The van der Waals surface area contributed by atoms with Crippen LogP contribution in [0.2, 0.25) is 5.15 Å². The monoisotopic (exact) mass is 398 g/mol. The van der Waals surface area contributed by atoms with Crippen molar-refractivity contribution < 1.29 is 13.9 Å². The fourth-order valence-electron chi connectivity index (χ4n) is 2.66. The van der Waals surface area contributed by atoms with Crippen molar-refractivity contribution in [3.63, 3.8) is 0 Å². The van der Waals surface area contributed by atoms with Crippen molar-refractivity contribution >= 4 is 23.6 Å². The summed E-state index contributed by atoms with van der Waals surface area (Å²) in [5.74, 6) is -0.839. The van der Waals surface area contributed by atoms with E-state index < -0.39 is 5.97 Å². The van der Waals surface area contributed by atoms with Gasteiger partial charge in [0.25, 0.3) is 0 Å². The van der Waals surface area contributed by atoms with Crippen LogP contribution in [0.3, 0.4) is 0 Å². The second-order valence-electron chi connectivity index (χ2n) is 6.50. The number of halogens is 2. The van der Waals surface area contributed by atoms with Crippen LogP contribution in [0, 0.1) is 19.7 Å². The maximum Gasteiger partial charge on any atom is 0.331 e. The summed E-state index contributed by atoms with van der Waals surface area (Å²) in [6.07, 6.45) is 2.92. The number of benzene rings is 2. The highest BCUT2D eigenvalue weighted by Gasteiger charge is 2.12. The Morgan fingerprint density at radius 1 is 1.11 bits per heavy atom. The first kappa shape index (κ1) is 19.8. The lowest BCUT2D eigenvalue weighted by atomic mass is 10.1. The van der Waals surface area contributed by atoms with Crippen molar-refractivity contribution in [1.82, 2.24) is 9.78 Å². The van der Waals surface area contributed by atoms with Gasteiger partial charge in [-0.15, -0.1) is 0 Å². The normalized spacial score (nSPS) is 11.1. The number of ether oxygens (including phenoxy) is 1. The second-order valence-corrected chi connectivity index (χ2v) is 6.86. The van der Waals surface area contributed by atoms with Crippen LogP contribution in [0.25, 0.3) is 6.08 Å². The third-order valence-corrected chi connectivity index (χ3v) is 4.64. The molecule has 4 nitrogen and oxygen atoms in total. The number of aryl methyl sites for hydroxylation is 2. The zero-order chi connectivity index (χ0) is 20.1. The smallest absolute Gasteiger partial charge is 0.331 e. The van der Waals surface area contributed by atoms with E-state index in [2.05, 4.69) is 5.10 Å². The molecule has 0 saturated carbocycles. The van der Waals surface area contributed by atoms with E-state index in [1.54, 1.807) is 22.9 Å². The zero-order valence-electron chi connectivity index (χ0n) is 15.7. The number of nitrogens with zero attached hydrogens (tertiary/aromatic N) is 2. The van der Waals surface area contributed by atoms with Crippen molar-refractivity contribution in [1.29, 1.82) is 0 Å². The molecule has 0 atom stereocenters. The molecule has 0 fully saturated rings. The van der Waals surface area contributed by atoms with Gasteiger partial charge in [-0.1, -0.05) is 53.6 Å². The van der Waals surface area contributed by atoms with Crippen LogP contribution in [0.4, 0.5) is 4.39 Å². The molecule has 1 heterocycles. The molecule has 0 unspecified atom stereocenters. The van der Waals surface area contributed by atoms with Crippen molar-refractivity contribution in [3.8, 4) is 0 Å². The molecule has 0 N–H and O–H groups in total. The van der Waals surface area contributed by atoms with Crippen LogP contribution in [0.15, 0.2) is 54.6 Å². The maximum absolute atomic E-state index is 12.9. The lowest BCUT2D eigenvalue weighted by Gasteiger charge is -2.04. The Morgan fingerprint density at radius 3 is 2.43 bits per heavy atom. The molecule has 28 heavy (non-hydrogen) atoms. The van der Waals surface area contributed by atoms with Gasteiger partial charge in [0.15, 0.2) is 0 Å². The van der Waals surface area contributed by atoms with Gasteiger partial charge in [-0.2, -0.15) is 5.10 Å². The molecule has 0 amide bonds. The highest BCUT2D eigenvalue weighted by Crippen LogP contribution is 2.22. The molecule has 6 heteroatoms. The first-order chi connectivity index (χ1) is 13.4. The molecular formula is C22H20ClFN2O2. The van der Waals surface area contributed by atoms with Gasteiger partial charge in [-0.05, 0) is 43.2 Å². The number of hydrogen-bond donors (Lipinski definition) is 0. The van der Waals surface area contributed by atoms with E-state index in [0.717, 1.165) is 11.3 Å². The molecule has 144 valence electrons. The Balaban J connectivity index is 1.64. The van der Waals surface area contributed by atoms with Crippen LogP contribution >= 0.6 is 11.6 Å². The van der Waals surface area contributed by atoms with Crippen molar-refractivity contribution in [2.75, 3.05) is 0 Å². The molecule has 1 aromatic heterocycles. The highest BCUT2D eigenvalue weighted by molar-refractivity contribution is 6.31. The highest BCUT2D eigenvalue weighted by atomic mass is 35.5. The Bertz CT molecular complexity index is 993. The van der Waals surface area contributed by atoms with Crippen LogP contribution in [0.5, 0.6) is 0 Å². The predicted molar refractivity (Wildman–Crippen MR) is 107 cm³/mol. The Labute approximate surface area is 168 Å². The van der Waals surface area contributed by atoms with Gasteiger partial charge in [-0.25, -0.2) is 13.9 Å².